The molecule has 20 heteroatoms. The van der Waals surface area contributed by atoms with Gasteiger partial charge in [-0.3, -0.25) is 28.8 Å². The Morgan fingerprint density at radius 3 is 1.59 bits per heavy atom. The van der Waals surface area contributed by atoms with Crippen molar-refractivity contribution < 1.29 is 76.3 Å². The highest BCUT2D eigenvalue weighted by Gasteiger charge is 2.38. The van der Waals surface area contributed by atoms with Crippen molar-refractivity contribution in [2.45, 2.75) is 114 Å². The van der Waals surface area contributed by atoms with Crippen molar-refractivity contribution >= 4 is 65.2 Å². The average Bonchev–Trinajstić information content (AvgIpc) is 3.90. The first-order chi connectivity index (χ1) is 36.8. The van der Waals surface area contributed by atoms with Crippen molar-refractivity contribution in [3.8, 4) is 23.3 Å². The second-order valence-electron chi connectivity index (χ2n) is 18.9. The fourth-order valence-corrected chi connectivity index (χ4v) is 10.7. The molecule has 404 valence electrons. The van der Waals surface area contributed by atoms with E-state index in [0.29, 0.717) is 86.0 Å². The number of esters is 8. The van der Waals surface area contributed by atoms with Crippen LogP contribution in [-0.4, -0.2) is 80.8 Å². The zero-order chi connectivity index (χ0) is 54.4. The molecule has 4 aliphatic rings. The van der Waals surface area contributed by atoms with E-state index < -0.39 is 53.6 Å². The second kappa shape index (κ2) is 29.6. The molecule has 0 amide bonds. The maximum Gasteiger partial charge on any atom is 0.330 e. The van der Waals surface area contributed by atoms with Crippen LogP contribution in [0, 0.1) is 53.4 Å². The molecular formula is C56H63N3O16S. The summed E-state index contributed by atoms with van der Waals surface area (Å²) in [5.41, 5.74) is 0.923. The number of unbranched alkanes of at least 4 members (excludes halogenated alkanes) is 1. The Morgan fingerprint density at radius 2 is 1.05 bits per heavy atom. The van der Waals surface area contributed by atoms with Crippen LogP contribution < -0.4 is 19.5 Å². The summed E-state index contributed by atoms with van der Waals surface area (Å²) in [6.45, 7) is 14.5. The number of benzene rings is 2. The number of thioether (sulfide) groups is 1. The van der Waals surface area contributed by atoms with Gasteiger partial charge in [-0.25, -0.2) is 19.7 Å². The smallest absolute Gasteiger partial charge is 0.330 e. The van der Waals surface area contributed by atoms with E-state index in [0.717, 1.165) is 68.0 Å². The molecule has 1 aliphatic heterocycles. The Kier molecular flexibility index (Phi) is 22.5. The van der Waals surface area contributed by atoms with Crippen LogP contribution in [0.1, 0.15) is 108 Å². The number of carbonyl (C=O) groups is 8. The molecule has 1 N–H and O–H groups in total. The number of nitrogens with one attached hydrogen (secondary N) is 1. The van der Waals surface area contributed by atoms with Gasteiger partial charge >= 0.3 is 47.8 Å². The van der Waals surface area contributed by atoms with Crippen molar-refractivity contribution in [1.82, 2.24) is 0 Å². The van der Waals surface area contributed by atoms with E-state index in [1.54, 1.807) is 24.3 Å². The van der Waals surface area contributed by atoms with Crippen molar-refractivity contribution in [1.29, 1.82) is 5.26 Å². The highest BCUT2D eigenvalue weighted by molar-refractivity contribution is 8.03. The molecule has 0 radical (unpaired) electrons. The van der Waals surface area contributed by atoms with Gasteiger partial charge in [0.1, 0.15) is 24.7 Å². The van der Waals surface area contributed by atoms with E-state index in [9.17, 15) is 43.6 Å². The third-order valence-corrected chi connectivity index (χ3v) is 15.0. The maximum absolute atomic E-state index is 13.7. The van der Waals surface area contributed by atoms with Gasteiger partial charge in [0.25, 0.3) is 5.70 Å². The van der Waals surface area contributed by atoms with Crippen LogP contribution in [0.5, 0.6) is 17.2 Å². The number of ether oxygens (including phenoxy) is 8. The molecule has 3 fully saturated rings. The molecule has 6 rings (SSSR count). The third-order valence-electron chi connectivity index (χ3n) is 13.9. The van der Waals surface area contributed by atoms with Gasteiger partial charge < -0.3 is 43.2 Å². The average molecular weight is 1070 g/mol. The van der Waals surface area contributed by atoms with E-state index in [2.05, 4.69) is 23.3 Å². The minimum Gasteiger partial charge on any atom is -0.465 e. The van der Waals surface area contributed by atoms with E-state index >= 15 is 0 Å². The predicted octanol–water partition coefficient (Wildman–Crippen LogP) is 8.84. The largest absolute Gasteiger partial charge is 0.465 e. The number of hydrogen-bond acceptors (Lipinski definition) is 19. The lowest BCUT2D eigenvalue weighted by atomic mass is 9.69. The lowest BCUT2D eigenvalue weighted by Gasteiger charge is -2.36. The zero-order valence-corrected chi connectivity index (χ0v) is 43.2. The monoisotopic (exact) mass is 1070 g/mol. The summed E-state index contributed by atoms with van der Waals surface area (Å²) in [4.78, 5) is 103. The summed E-state index contributed by atoms with van der Waals surface area (Å²) in [7, 11) is 0. The Bertz CT molecular complexity index is 2560. The molecule has 19 nitrogen and oxygen atoms in total. The maximum atomic E-state index is 13.7. The lowest BCUT2D eigenvalue weighted by molar-refractivity contribution is -0.152. The number of nitriles is 1. The molecule has 0 aromatic heterocycles. The number of rotatable bonds is 24. The van der Waals surface area contributed by atoms with Gasteiger partial charge in [0.05, 0.1) is 84.6 Å². The molecule has 2 aromatic rings. The standard InChI is InChI=1S/C56H63N3O16S/c1-4-46(60)68-29-6-7-30-72-53(64)38-14-10-36(11-15-38)37-12-16-40(17-13-37)55(66)74-44-24-25-45(51-50(44)59-52(76-51)43(34-57)58-3)75-56(67)41-20-18-39(19-21-41)54(65)73-42-22-8-35(9-23-42)28-31-69-48(62)26-27-49(63)71-33-32-70-47(61)5-2/h4-5,8-9,22-25,36-41,59H,1-2,6-7,10-21,26-33H2/b52-43-. The Morgan fingerprint density at radius 1 is 0.592 bits per heavy atom. The SMILES string of the molecule is [C-]#[N+]/C(C#N)=C1/Nc2c(OC(=O)C3CCC(C4CCC(C(=O)OCCCCOC(=O)C=C)CC4)CC3)ccc(OC(=O)C3CCC(C(=O)Oc4ccc(CCOC(=O)CCC(=O)OCCOC(=O)C=C)cc4)CC3)c2S1. The van der Waals surface area contributed by atoms with Crippen molar-refractivity contribution in [3.05, 3.63) is 89.4 Å². The second-order valence-corrected chi connectivity index (χ2v) is 19.9. The molecule has 0 spiro atoms. The Hall–Kier alpha value is -7.45. The van der Waals surface area contributed by atoms with Gasteiger partial charge in [-0.2, -0.15) is 0 Å². The van der Waals surface area contributed by atoms with Crippen LogP contribution in [0.15, 0.2) is 77.3 Å². The van der Waals surface area contributed by atoms with Crippen LogP contribution in [0.3, 0.4) is 0 Å². The summed E-state index contributed by atoms with van der Waals surface area (Å²) in [6.07, 6.45) is 11.2. The molecule has 3 aliphatic carbocycles. The van der Waals surface area contributed by atoms with Crippen molar-refractivity contribution in [2.24, 2.45) is 35.5 Å². The molecule has 0 unspecified atom stereocenters. The van der Waals surface area contributed by atoms with Gasteiger partial charge in [-0.05, 0) is 132 Å². The van der Waals surface area contributed by atoms with Crippen LogP contribution in [-0.2, 0) is 68.5 Å². The van der Waals surface area contributed by atoms with Gasteiger partial charge in [0.15, 0.2) is 5.75 Å². The fraction of sp³-hybridized carbons (Fsp3) is 0.500. The van der Waals surface area contributed by atoms with Crippen LogP contribution >= 0.6 is 11.8 Å². The third kappa shape index (κ3) is 17.3. The highest BCUT2D eigenvalue weighted by Crippen LogP contribution is 2.53. The molecule has 0 bridgehead atoms. The minimum absolute atomic E-state index is 0.0663. The van der Waals surface area contributed by atoms with Gasteiger partial charge in [-0.15, -0.1) is 0 Å². The van der Waals surface area contributed by atoms with E-state index in [1.165, 1.54) is 12.1 Å². The van der Waals surface area contributed by atoms with Crippen molar-refractivity contribution in [2.75, 3.05) is 38.4 Å². The molecule has 0 saturated heterocycles. The van der Waals surface area contributed by atoms with E-state index in [-0.39, 0.29) is 85.9 Å². The Balaban J connectivity index is 0.912. The van der Waals surface area contributed by atoms with Gasteiger partial charge in [0, 0.05) is 18.6 Å². The molecule has 0 atom stereocenters. The minimum atomic E-state index is -0.636. The number of hydrogen-bond donors (Lipinski definition) is 1. The van der Waals surface area contributed by atoms with Crippen molar-refractivity contribution in [3.63, 3.8) is 0 Å². The van der Waals surface area contributed by atoms with E-state index in [1.807, 2.05) is 6.07 Å². The molecule has 76 heavy (non-hydrogen) atoms. The summed E-state index contributed by atoms with van der Waals surface area (Å²) in [5.74, 6) is -3.66. The lowest BCUT2D eigenvalue weighted by Crippen LogP contribution is -2.31. The first kappa shape index (κ1) is 57.8. The topological polar surface area (TPSA) is 251 Å². The number of fused-ring (bicyclic) bond motifs is 1. The number of allylic oxidation sites excluding steroid dienone is 1. The van der Waals surface area contributed by atoms with E-state index in [4.69, 9.17) is 44.5 Å². The van der Waals surface area contributed by atoms with Gasteiger partial charge in [-0.1, -0.05) is 37.1 Å². The first-order valence-corrected chi connectivity index (χ1v) is 26.5. The molecule has 2 aromatic carbocycles. The quantitative estimate of drug-likeness (QED) is 0.0196. The fourth-order valence-electron chi connectivity index (χ4n) is 9.64. The summed E-state index contributed by atoms with van der Waals surface area (Å²) in [6, 6.07) is 11.7. The summed E-state index contributed by atoms with van der Waals surface area (Å²) >= 11 is 1.04. The van der Waals surface area contributed by atoms with Crippen LogP contribution in [0.25, 0.3) is 4.85 Å². The number of carbonyl (C=O) groups excluding carboxylic acids is 8. The summed E-state index contributed by atoms with van der Waals surface area (Å²) in [5, 5.41) is 12.9. The first-order valence-electron chi connectivity index (χ1n) is 25.7. The number of anilines is 1. The molecule has 3 saturated carbocycles. The Labute approximate surface area is 445 Å². The normalized spacial score (nSPS) is 21.2. The molecular weight excluding hydrogens is 1000 g/mol. The predicted molar refractivity (Wildman–Crippen MR) is 272 cm³/mol. The highest BCUT2D eigenvalue weighted by atomic mass is 32.2. The number of nitrogens with zero attached hydrogens (tertiary/aromatic N) is 2. The van der Waals surface area contributed by atoms with Crippen LogP contribution in [0.2, 0.25) is 0 Å². The molecule has 1 heterocycles. The van der Waals surface area contributed by atoms with Crippen LogP contribution in [0.4, 0.5) is 5.69 Å². The summed E-state index contributed by atoms with van der Waals surface area (Å²) < 4.78 is 42.9. The zero-order valence-electron chi connectivity index (χ0n) is 42.4. The van der Waals surface area contributed by atoms with Gasteiger partial charge in [0.2, 0.25) is 0 Å².